The summed E-state index contributed by atoms with van der Waals surface area (Å²) < 4.78 is 2.00. The first-order chi connectivity index (χ1) is 5.77. The molecule has 1 saturated carbocycles. The highest BCUT2D eigenvalue weighted by Crippen LogP contribution is 2.30. The lowest BCUT2D eigenvalue weighted by Crippen LogP contribution is -2.02. The van der Waals surface area contributed by atoms with Crippen molar-refractivity contribution in [2.24, 2.45) is 7.05 Å². The van der Waals surface area contributed by atoms with Gasteiger partial charge in [0.25, 0.3) is 0 Å². The Kier molecular flexibility index (Phi) is 1.71. The second kappa shape index (κ2) is 2.73. The Labute approximate surface area is 71.4 Å². The van der Waals surface area contributed by atoms with Crippen molar-refractivity contribution in [1.29, 1.82) is 0 Å². The Balaban J connectivity index is 2.21. The van der Waals surface area contributed by atoms with Crippen molar-refractivity contribution in [3.63, 3.8) is 0 Å². The van der Waals surface area contributed by atoms with Gasteiger partial charge in [0, 0.05) is 38.2 Å². The van der Waals surface area contributed by atoms with E-state index in [0.29, 0.717) is 18.1 Å². The van der Waals surface area contributed by atoms with Gasteiger partial charge in [-0.1, -0.05) is 0 Å². The number of Topliss-reactive ketones (excluding diaryl/α,β-unsaturated/α-hetero) is 1. The van der Waals surface area contributed by atoms with Gasteiger partial charge in [0.2, 0.25) is 0 Å². The largest absolute Gasteiger partial charge is 0.338 e. The molecule has 12 heavy (non-hydrogen) atoms. The third-order valence-corrected chi connectivity index (χ3v) is 2.47. The van der Waals surface area contributed by atoms with Gasteiger partial charge in [-0.15, -0.1) is 0 Å². The average Bonchev–Trinajstić information content (AvgIpc) is 2.58. The van der Waals surface area contributed by atoms with Crippen LogP contribution in [0.4, 0.5) is 0 Å². The van der Waals surface area contributed by atoms with E-state index < -0.39 is 0 Å². The SMILES string of the molecule is Cn1ccnc1C1CCC(=O)C1. The fourth-order valence-electron chi connectivity index (χ4n) is 1.81. The number of ketones is 1. The molecule has 1 heterocycles. The molecule has 3 heteroatoms. The highest BCUT2D eigenvalue weighted by atomic mass is 16.1. The van der Waals surface area contributed by atoms with Gasteiger partial charge in [-0.05, 0) is 6.42 Å². The molecule has 0 spiro atoms. The van der Waals surface area contributed by atoms with Crippen LogP contribution in [0.2, 0.25) is 0 Å². The number of aryl methyl sites for hydroxylation is 1. The highest BCUT2D eigenvalue weighted by molar-refractivity contribution is 5.81. The number of hydrogen-bond acceptors (Lipinski definition) is 2. The molecule has 3 nitrogen and oxygen atoms in total. The number of carbonyl (C=O) groups excluding carboxylic acids is 1. The number of imidazole rings is 1. The molecule has 1 aliphatic rings. The maximum absolute atomic E-state index is 11.0. The summed E-state index contributed by atoms with van der Waals surface area (Å²) in [6.07, 6.45) is 6.11. The van der Waals surface area contributed by atoms with E-state index in [2.05, 4.69) is 4.98 Å². The molecule has 1 aliphatic carbocycles. The molecule has 0 aliphatic heterocycles. The number of rotatable bonds is 1. The van der Waals surface area contributed by atoms with Crippen LogP contribution in [-0.2, 0) is 11.8 Å². The zero-order valence-corrected chi connectivity index (χ0v) is 7.16. The summed E-state index contributed by atoms with van der Waals surface area (Å²) in [5.74, 6) is 1.81. The van der Waals surface area contributed by atoms with Crippen LogP contribution in [0.5, 0.6) is 0 Å². The molecule has 0 bridgehead atoms. The van der Waals surface area contributed by atoms with E-state index in [0.717, 1.165) is 18.7 Å². The van der Waals surface area contributed by atoms with E-state index in [9.17, 15) is 4.79 Å². The van der Waals surface area contributed by atoms with Crippen LogP contribution < -0.4 is 0 Å². The van der Waals surface area contributed by atoms with Crippen LogP contribution in [0, 0.1) is 0 Å². The van der Waals surface area contributed by atoms with Crippen LogP contribution in [0.25, 0.3) is 0 Å². The van der Waals surface area contributed by atoms with Gasteiger partial charge in [0.05, 0.1) is 0 Å². The fraction of sp³-hybridized carbons (Fsp3) is 0.556. The molecule has 0 N–H and O–H groups in total. The van der Waals surface area contributed by atoms with E-state index in [1.165, 1.54) is 0 Å². The molecule has 1 atom stereocenters. The van der Waals surface area contributed by atoms with E-state index in [-0.39, 0.29) is 0 Å². The van der Waals surface area contributed by atoms with Crippen molar-refractivity contribution in [2.45, 2.75) is 25.2 Å². The van der Waals surface area contributed by atoms with E-state index in [1.54, 1.807) is 6.20 Å². The molecule has 0 radical (unpaired) electrons. The summed E-state index contributed by atoms with van der Waals surface area (Å²) in [6, 6.07) is 0. The second-order valence-electron chi connectivity index (χ2n) is 3.37. The molecule has 1 aromatic heterocycles. The summed E-state index contributed by atoms with van der Waals surface area (Å²) in [4.78, 5) is 15.3. The predicted molar refractivity (Wildman–Crippen MR) is 44.8 cm³/mol. The van der Waals surface area contributed by atoms with Crippen LogP contribution in [0.1, 0.15) is 31.0 Å². The van der Waals surface area contributed by atoms with Crippen molar-refractivity contribution in [3.8, 4) is 0 Å². The summed E-state index contributed by atoms with van der Waals surface area (Å²) in [7, 11) is 1.98. The average molecular weight is 164 g/mol. The lowest BCUT2D eigenvalue weighted by atomic mass is 10.1. The maximum Gasteiger partial charge on any atom is 0.133 e. The lowest BCUT2D eigenvalue weighted by Gasteiger charge is -2.06. The molecular weight excluding hydrogens is 152 g/mol. The zero-order valence-electron chi connectivity index (χ0n) is 7.16. The third kappa shape index (κ3) is 1.15. The van der Waals surface area contributed by atoms with Crippen LogP contribution >= 0.6 is 0 Å². The van der Waals surface area contributed by atoms with E-state index >= 15 is 0 Å². The van der Waals surface area contributed by atoms with Crippen molar-refractivity contribution in [3.05, 3.63) is 18.2 Å². The molecule has 0 amide bonds. The number of hydrogen-bond donors (Lipinski definition) is 0. The zero-order chi connectivity index (χ0) is 8.55. The standard InChI is InChI=1S/C9H12N2O/c1-11-5-4-10-9(11)7-2-3-8(12)6-7/h4-5,7H,2-3,6H2,1H3. The monoisotopic (exact) mass is 164 g/mol. The first-order valence-electron chi connectivity index (χ1n) is 4.26. The van der Waals surface area contributed by atoms with Gasteiger partial charge in [0.15, 0.2) is 0 Å². The van der Waals surface area contributed by atoms with Gasteiger partial charge in [0.1, 0.15) is 11.6 Å². The molecule has 1 unspecified atom stereocenters. The Morgan fingerprint density at radius 2 is 2.50 bits per heavy atom. The van der Waals surface area contributed by atoms with E-state index in [1.807, 2.05) is 17.8 Å². The van der Waals surface area contributed by atoms with Crippen molar-refractivity contribution in [2.75, 3.05) is 0 Å². The smallest absolute Gasteiger partial charge is 0.133 e. The van der Waals surface area contributed by atoms with Gasteiger partial charge >= 0.3 is 0 Å². The highest BCUT2D eigenvalue weighted by Gasteiger charge is 2.25. The number of carbonyl (C=O) groups is 1. The number of nitrogens with zero attached hydrogens (tertiary/aromatic N) is 2. The topological polar surface area (TPSA) is 34.9 Å². The van der Waals surface area contributed by atoms with E-state index in [4.69, 9.17) is 0 Å². The Morgan fingerprint density at radius 3 is 3.00 bits per heavy atom. The molecule has 1 fully saturated rings. The van der Waals surface area contributed by atoms with Gasteiger partial charge < -0.3 is 4.57 Å². The van der Waals surface area contributed by atoms with Gasteiger partial charge in [-0.25, -0.2) is 4.98 Å². The Hall–Kier alpha value is -1.12. The molecule has 64 valence electrons. The Bertz CT molecular complexity index is 303. The van der Waals surface area contributed by atoms with Crippen LogP contribution in [0.15, 0.2) is 12.4 Å². The van der Waals surface area contributed by atoms with Gasteiger partial charge in [-0.2, -0.15) is 0 Å². The summed E-state index contributed by atoms with van der Waals surface area (Å²) >= 11 is 0. The minimum Gasteiger partial charge on any atom is -0.338 e. The molecule has 0 saturated heterocycles. The quantitative estimate of drug-likeness (QED) is 0.626. The first-order valence-corrected chi connectivity index (χ1v) is 4.26. The minimum atomic E-state index is 0.373. The van der Waals surface area contributed by atoms with Crippen LogP contribution in [-0.4, -0.2) is 15.3 Å². The third-order valence-electron chi connectivity index (χ3n) is 2.47. The summed E-state index contributed by atoms with van der Waals surface area (Å²) in [6.45, 7) is 0. The van der Waals surface area contributed by atoms with Crippen molar-refractivity contribution < 1.29 is 4.79 Å². The van der Waals surface area contributed by atoms with Gasteiger partial charge in [-0.3, -0.25) is 4.79 Å². The lowest BCUT2D eigenvalue weighted by molar-refractivity contribution is -0.117. The number of aromatic nitrogens is 2. The second-order valence-corrected chi connectivity index (χ2v) is 3.37. The molecular formula is C9H12N2O. The van der Waals surface area contributed by atoms with Crippen molar-refractivity contribution >= 4 is 5.78 Å². The first kappa shape index (κ1) is 7.53. The molecule has 1 aromatic rings. The van der Waals surface area contributed by atoms with Crippen LogP contribution in [0.3, 0.4) is 0 Å². The molecule has 2 rings (SSSR count). The normalized spacial score (nSPS) is 23.4. The predicted octanol–water partition coefficient (Wildman–Crippen LogP) is 1.26. The van der Waals surface area contributed by atoms with Crippen molar-refractivity contribution in [1.82, 2.24) is 9.55 Å². The Morgan fingerprint density at radius 1 is 1.67 bits per heavy atom. The summed E-state index contributed by atoms with van der Waals surface area (Å²) in [5.41, 5.74) is 0. The maximum atomic E-state index is 11.0. The summed E-state index contributed by atoms with van der Waals surface area (Å²) in [5, 5.41) is 0. The molecule has 0 aromatic carbocycles. The fourth-order valence-corrected chi connectivity index (χ4v) is 1.81. The minimum absolute atomic E-state index is 0.373.